The third kappa shape index (κ3) is 2.64. The van der Waals surface area contributed by atoms with Crippen LogP contribution in [-0.4, -0.2) is 20.3 Å². The number of thiophene rings is 1. The van der Waals surface area contributed by atoms with Crippen LogP contribution in [0, 0.1) is 13.8 Å². The zero-order valence-electron chi connectivity index (χ0n) is 13.8. The molecule has 0 aliphatic heterocycles. The minimum absolute atomic E-state index is 0.0223. The van der Waals surface area contributed by atoms with E-state index in [4.69, 9.17) is 0 Å². The predicted octanol–water partition coefficient (Wildman–Crippen LogP) is 3.51. The summed E-state index contributed by atoms with van der Waals surface area (Å²) in [5.41, 5.74) is 3.05. The number of carbonyl (C=O) groups is 1. The molecule has 0 aliphatic rings. The molecule has 0 N–H and O–H groups in total. The molecule has 0 saturated heterocycles. The van der Waals surface area contributed by atoms with Gasteiger partial charge in [0.1, 0.15) is 9.53 Å². The van der Waals surface area contributed by atoms with Gasteiger partial charge >= 0.3 is 0 Å². The highest BCUT2D eigenvalue weighted by Crippen LogP contribution is 2.30. The van der Waals surface area contributed by atoms with Gasteiger partial charge in [-0.25, -0.2) is 9.97 Å². The highest BCUT2D eigenvalue weighted by atomic mass is 32.1. The number of Topliss-reactive ketones (excluding diaryl/α,β-unsaturated/α-hetero) is 1. The molecule has 0 saturated carbocycles. The van der Waals surface area contributed by atoms with E-state index in [1.807, 2.05) is 26.0 Å². The van der Waals surface area contributed by atoms with Gasteiger partial charge in [-0.2, -0.15) is 0 Å². The van der Waals surface area contributed by atoms with Crippen LogP contribution in [0.4, 0.5) is 0 Å². The van der Waals surface area contributed by atoms with Crippen molar-refractivity contribution in [3.05, 3.63) is 69.9 Å². The van der Waals surface area contributed by atoms with Crippen LogP contribution >= 0.6 is 11.3 Å². The molecule has 0 unspecified atom stereocenters. The van der Waals surface area contributed by atoms with Gasteiger partial charge in [0, 0.05) is 16.6 Å². The number of benzene rings is 1. The summed E-state index contributed by atoms with van der Waals surface area (Å²) in [6, 6.07) is 11.0. The highest BCUT2D eigenvalue weighted by Gasteiger charge is 2.15. The topological polar surface area (TPSA) is 64.8 Å². The Hall–Kier alpha value is -2.86. The largest absolute Gasteiger partial charge is 0.292 e. The number of aryl methyl sites for hydroxylation is 2. The first-order valence-electron chi connectivity index (χ1n) is 7.89. The van der Waals surface area contributed by atoms with Crippen LogP contribution in [0.3, 0.4) is 0 Å². The number of carbonyl (C=O) groups excluding carboxylic acids is 1. The van der Waals surface area contributed by atoms with E-state index in [9.17, 15) is 9.59 Å². The third-order valence-electron chi connectivity index (χ3n) is 4.29. The minimum Gasteiger partial charge on any atom is -0.292 e. The summed E-state index contributed by atoms with van der Waals surface area (Å²) in [5.74, 6) is -0.116. The van der Waals surface area contributed by atoms with Crippen molar-refractivity contribution in [1.29, 1.82) is 0 Å². The molecule has 4 rings (SSSR count). The van der Waals surface area contributed by atoms with E-state index in [2.05, 4.69) is 9.97 Å². The van der Waals surface area contributed by atoms with Gasteiger partial charge in [0.2, 0.25) is 0 Å². The zero-order valence-corrected chi connectivity index (χ0v) is 14.6. The lowest BCUT2D eigenvalue weighted by Gasteiger charge is -2.04. The molecule has 3 aromatic heterocycles. The van der Waals surface area contributed by atoms with Crippen molar-refractivity contribution in [3.8, 4) is 0 Å². The van der Waals surface area contributed by atoms with Crippen molar-refractivity contribution in [2.75, 3.05) is 0 Å². The lowest BCUT2D eigenvalue weighted by molar-refractivity contribution is 0.0970. The van der Waals surface area contributed by atoms with E-state index in [1.54, 1.807) is 24.3 Å². The Morgan fingerprint density at radius 2 is 1.96 bits per heavy atom. The summed E-state index contributed by atoms with van der Waals surface area (Å²) in [6.45, 7) is 3.92. The lowest BCUT2D eigenvalue weighted by Crippen LogP contribution is -2.24. The SMILES string of the molecule is Cc1cc2c(nc1C)sc1c(=O)n(CC(=O)c3ccccc3)cnc12. The van der Waals surface area contributed by atoms with Crippen molar-refractivity contribution in [1.82, 2.24) is 14.5 Å². The van der Waals surface area contributed by atoms with Crippen molar-refractivity contribution in [2.24, 2.45) is 0 Å². The second-order valence-electron chi connectivity index (χ2n) is 5.99. The van der Waals surface area contributed by atoms with Crippen molar-refractivity contribution in [3.63, 3.8) is 0 Å². The molecule has 0 amide bonds. The molecular weight excluding hydrogens is 334 g/mol. The van der Waals surface area contributed by atoms with Gasteiger partial charge in [0.05, 0.1) is 18.4 Å². The first-order chi connectivity index (χ1) is 12.0. The van der Waals surface area contributed by atoms with Gasteiger partial charge in [-0.3, -0.25) is 14.2 Å². The lowest BCUT2D eigenvalue weighted by atomic mass is 10.1. The molecule has 0 atom stereocenters. The van der Waals surface area contributed by atoms with E-state index in [-0.39, 0.29) is 17.9 Å². The van der Waals surface area contributed by atoms with Gasteiger partial charge in [-0.15, -0.1) is 11.3 Å². The smallest absolute Gasteiger partial charge is 0.271 e. The number of hydrogen-bond donors (Lipinski definition) is 0. The van der Waals surface area contributed by atoms with Gasteiger partial charge in [-0.1, -0.05) is 30.3 Å². The number of pyridine rings is 1. The summed E-state index contributed by atoms with van der Waals surface area (Å²) in [6.07, 6.45) is 1.45. The number of aromatic nitrogens is 3. The molecule has 4 aromatic rings. The van der Waals surface area contributed by atoms with Crippen LogP contribution in [0.2, 0.25) is 0 Å². The standard InChI is InChI=1S/C19H15N3O2S/c1-11-8-14-16-17(25-18(14)21-12(11)2)19(24)22(10-20-16)9-15(23)13-6-4-3-5-7-13/h3-8,10H,9H2,1-2H3. The number of ketones is 1. The zero-order chi connectivity index (χ0) is 17.6. The summed E-state index contributed by atoms with van der Waals surface area (Å²) in [7, 11) is 0. The first kappa shape index (κ1) is 15.7. The molecule has 0 radical (unpaired) electrons. The molecule has 0 spiro atoms. The van der Waals surface area contributed by atoms with E-state index < -0.39 is 0 Å². The van der Waals surface area contributed by atoms with Gasteiger partial charge in [0.15, 0.2) is 5.78 Å². The Kier molecular flexibility index (Phi) is 3.69. The van der Waals surface area contributed by atoms with Gasteiger partial charge in [0.25, 0.3) is 5.56 Å². The molecule has 3 heterocycles. The Labute approximate surface area is 147 Å². The van der Waals surface area contributed by atoms with Crippen LogP contribution in [0.25, 0.3) is 20.4 Å². The summed E-state index contributed by atoms with van der Waals surface area (Å²) >= 11 is 1.33. The van der Waals surface area contributed by atoms with E-state index in [0.29, 0.717) is 15.8 Å². The van der Waals surface area contributed by atoms with E-state index >= 15 is 0 Å². The average Bonchev–Trinajstić information content (AvgIpc) is 2.97. The van der Waals surface area contributed by atoms with Crippen molar-refractivity contribution in [2.45, 2.75) is 20.4 Å². The number of rotatable bonds is 3. The molecule has 0 fully saturated rings. The Morgan fingerprint density at radius 3 is 2.72 bits per heavy atom. The molecule has 6 heteroatoms. The first-order valence-corrected chi connectivity index (χ1v) is 8.70. The number of nitrogens with zero attached hydrogens (tertiary/aromatic N) is 3. The Morgan fingerprint density at radius 1 is 1.20 bits per heavy atom. The Balaban J connectivity index is 1.82. The molecule has 1 aromatic carbocycles. The normalized spacial score (nSPS) is 11.3. The molecule has 0 bridgehead atoms. The molecule has 25 heavy (non-hydrogen) atoms. The van der Waals surface area contributed by atoms with Crippen LogP contribution < -0.4 is 5.56 Å². The second kappa shape index (κ2) is 5.89. The molecule has 5 nitrogen and oxygen atoms in total. The molecule has 124 valence electrons. The van der Waals surface area contributed by atoms with Crippen LogP contribution in [-0.2, 0) is 6.54 Å². The summed E-state index contributed by atoms with van der Waals surface area (Å²) in [4.78, 5) is 34.9. The quantitative estimate of drug-likeness (QED) is 0.531. The fourth-order valence-corrected chi connectivity index (χ4v) is 3.87. The van der Waals surface area contributed by atoms with Gasteiger partial charge < -0.3 is 0 Å². The molecule has 0 aliphatic carbocycles. The average molecular weight is 349 g/mol. The Bertz CT molecular complexity index is 1180. The fraction of sp³-hybridized carbons (Fsp3) is 0.158. The molecular formula is C19H15N3O2S. The van der Waals surface area contributed by atoms with E-state index in [0.717, 1.165) is 21.5 Å². The van der Waals surface area contributed by atoms with E-state index in [1.165, 1.54) is 22.2 Å². The maximum atomic E-state index is 12.8. The summed E-state index contributed by atoms with van der Waals surface area (Å²) in [5, 5.41) is 0.890. The minimum atomic E-state index is -0.201. The van der Waals surface area contributed by atoms with Gasteiger partial charge in [-0.05, 0) is 25.5 Å². The highest BCUT2D eigenvalue weighted by molar-refractivity contribution is 7.25. The monoisotopic (exact) mass is 349 g/mol. The van der Waals surface area contributed by atoms with Crippen molar-refractivity contribution >= 4 is 37.6 Å². The maximum absolute atomic E-state index is 12.8. The third-order valence-corrected chi connectivity index (χ3v) is 5.37. The number of fused-ring (bicyclic) bond motifs is 3. The fourth-order valence-electron chi connectivity index (χ4n) is 2.76. The predicted molar refractivity (Wildman–Crippen MR) is 99.4 cm³/mol. The van der Waals surface area contributed by atoms with Crippen LogP contribution in [0.5, 0.6) is 0 Å². The van der Waals surface area contributed by atoms with Crippen LogP contribution in [0.15, 0.2) is 47.5 Å². The summed E-state index contributed by atoms with van der Waals surface area (Å²) < 4.78 is 1.91. The number of hydrogen-bond acceptors (Lipinski definition) is 5. The maximum Gasteiger partial charge on any atom is 0.271 e. The van der Waals surface area contributed by atoms with Crippen molar-refractivity contribution < 1.29 is 4.79 Å². The van der Waals surface area contributed by atoms with Crippen LogP contribution in [0.1, 0.15) is 21.6 Å². The second-order valence-corrected chi connectivity index (χ2v) is 6.99.